The number of aryl methyl sites for hydroxylation is 2. The van der Waals surface area contributed by atoms with Gasteiger partial charge in [-0.15, -0.1) is 0 Å². The summed E-state index contributed by atoms with van der Waals surface area (Å²) in [6, 6.07) is 7.06. The molecule has 1 aliphatic heterocycles. The summed E-state index contributed by atoms with van der Waals surface area (Å²) >= 11 is 0. The average Bonchev–Trinajstić information content (AvgIpc) is 2.96. The molecule has 0 aliphatic carbocycles. The van der Waals surface area contributed by atoms with Crippen LogP contribution < -0.4 is 15.0 Å². The molecule has 1 atom stereocenters. The number of piperazine rings is 1. The molecule has 1 N–H and O–H groups in total. The Morgan fingerprint density at radius 2 is 2.07 bits per heavy atom. The van der Waals surface area contributed by atoms with Gasteiger partial charge in [0.15, 0.2) is 0 Å². The van der Waals surface area contributed by atoms with Crippen LogP contribution in [-0.4, -0.2) is 59.3 Å². The second-order valence-electron chi connectivity index (χ2n) is 6.66. The third kappa shape index (κ3) is 3.95. The van der Waals surface area contributed by atoms with E-state index in [0.717, 1.165) is 11.4 Å². The van der Waals surface area contributed by atoms with Gasteiger partial charge in [0, 0.05) is 26.3 Å². The van der Waals surface area contributed by atoms with Crippen LogP contribution in [0.1, 0.15) is 12.6 Å². The van der Waals surface area contributed by atoms with Crippen LogP contribution in [0.4, 0.5) is 11.4 Å². The van der Waals surface area contributed by atoms with Crippen LogP contribution in [0.2, 0.25) is 0 Å². The number of anilines is 2. The SMILES string of the molecule is COc1ccccc1N1CCN(CC(=O)Nc2cn(C)nc2C)C(C)C1=O. The van der Waals surface area contributed by atoms with Gasteiger partial charge in [-0.3, -0.25) is 19.2 Å². The molecule has 1 saturated heterocycles. The lowest BCUT2D eigenvalue weighted by atomic mass is 10.1. The van der Waals surface area contributed by atoms with E-state index in [0.29, 0.717) is 24.5 Å². The van der Waals surface area contributed by atoms with E-state index in [1.165, 1.54) is 0 Å². The van der Waals surface area contributed by atoms with E-state index in [1.807, 2.05) is 43.0 Å². The molecule has 0 bridgehead atoms. The summed E-state index contributed by atoms with van der Waals surface area (Å²) in [6.45, 7) is 4.93. The number of hydrogen-bond acceptors (Lipinski definition) is 5. The zero-order valence-corrected chi connectivity index (χ0v) is 16.1. The van der Waals surface area contributed by atoms with E-state index >= 15 is 0 Å². The van der Waals surface area contributed by atoms with Crippen molar-refractivity contribution in [2.75, 3.05) is 37.0 Å². The highest BCUT2D eigenvalue weighted by atomic mass is 16.5. The van der Waals surface area contributed by atoms with Crippen molar-refractivity contribution in [3.05, 3.63) is 36.2 Å². The number of carbonyl (C=O) groups is 2. The number of para-hydroxylation sites is 2. The van der Waals surface area contributed by atoms with Gasteiger partial charge in [-0.2, -0.15) is 5.10 Å². The molecule has 8 nitrogen and oxygen atoms in total. The highest BCUT2D eigenvalue weighted by Gasteiger charge is 2.34. The van der Waals surface area contributed by atoms with E-state index in [1.54, 1.807) is 29.9 Å². The molecule has 1 unspecified atom stereocenters. The van der Waals surface area contributed by atoms with Crippen molar-refractivity contribution < 1.29 is 14.3 Å². The average molecular weight is 371 g/mol. The third-order valence-electron chi connectivity index (χ3n) is 4.79. The maximum Gasteiger partial charge on any atom is 0.244 e. The molecule has 8 heteroatoms. The minimum atomic E-state index is -0.399. The summed E-state index contributed by atoms with van der Waals surface area (Å²) in [4.78, 5) is 28.9. The zero-order valence-electron chi connectivity index (χ0n) is 16.1. The molecular formula is C19H25N5O3. The Bertz CT molecular complexity index is 848. The minimum Gasteiger partial charge on any atom is -0.495 e. The Balaban J connectivity index is 1.66. The van der Waals surface area contributed by atoms with Crippen molar-refractivity contribution in [1.82, 2.24) is 14.7 Å². The first kappa shape index (κ1) is 18.9. The second kappa shape index (κ2) is 7.79. The Kier molecular flexibility index (Phi) is 5.46. The van der Waals surface area contributed by atoms with E-state index in [-0.39, 0.29) is 18.4 Å². The summed E-state index contributed by atoms with van der Waals surface area (Å²) in [5.74, 6) is 0.462. The lowest BCUT2D eigenvalue weighted by Gasteiger charge is -2.39. The first-order valence-electron chi connectivity index (χ1n) is 8.89. The van der Waals surface area contributed by atoms with Crippen LogP contribution in [0, 0.1) is 6.92 Å². The highest BCUT2D eigenvalue weighted by Crippen LogP contribution is 2.30. The van der Waals surface area contributed by atoms with Gasteiger partial charge in [-0.25, -0.2) is 0 Å². The molecule has 2 heterocycles. The summed E-state index contributed by atoms with van der Waals surface area (Å²) in [7, 11) is 3.40. The van der Waals surface area contributed by atoms with Crippen molar-refractivity contribution in [2.45, 2.75) is 19.9 Å². The van der Waals surface area contributed by atoms with E-state index in [9.17, 15) is 9.59 Å². The molecule has 27 heavy (non-hydrogen) atoms. The summed E-state index contributed by atoms with van der Waals surface area (Å²) in [5.41, 5.74) is 2.21. The van der Waals surface area contributed by atoms with Crippen molar-refractivity contribution in [1.29, 1.82) is 0 Å². The molecule has 2 aromatic rings. The van der Waals surface area contributed by atoms with Crippen LogP contribution in [-0.2, 0) is 16.6 Å². The molecule has 3 rings (SSSR count). The Labute approximate surface area is 158 Å². The quantitative estimate of drug-likeness (QED) is 0.860. The van der Waals surface area contributed by atoms with Crippen molar-refractivity contribution in [3.63, 3.8) is 0 Å². The fraction of sp³-hybridized carbons (Fsp3) is 0.421. The number of nitrogens with one attached hydrogen (secondary N) is 1. The lowest BCUT2D eigenvalue weighted by Crippen LogP contribution is -2.57. The predicted molar refractivity (Wildman–Crippen MR) is 103 cm³/mol. The van der Waals surface area contributed by atoms with Crippen molar-refractivity contribution >= 4 is 23.2 Å². The number of amides is 2. The normalized spacial score (nSPS) is 17.9. The summed E-state index contributed by atoms with van der Waals surface area (Å²) in [5, 5.41) is 7.08. The van der Waals surface area contributed by atoms with Gasteiger partial charge in [0.1, 0.15) is 5.75 Å². The predicted octanol–water partition coefficient (Wildman–Crippen LogP) is 1.41. The molecule has 1 aromatic heterocycles. The Morgan fingerprint density at radius 3 is 2.74 bits per heavy atom. The molecule has 1 fully saturated rings. The highest BCUT2D eigenvalue weighted by molar-refractivity contribution is 6.00. The van der Waals surface area contributed by atoms with Crippen LogP contribution in [0.3, 0.4) is 0 Å². The van der Waals surface area contributed by atoms with Crippen LogP contribution in [0.15, 0.2) is 30.5 Å². The van der Waals surface area contributed by atoms with Gasteiger partial charge in [-0.05, 0) is 26.0 Å². The summed E-state index contributed by atoms with van der Waals surface area (Å²) in [6.07, 6.45) is 1.77. The third-order valence-corrected chi connectivity index (χ3v) is 4.79. The fourth-order valence-electron chi connectivity index (χ4n) is 3.32. The maximum atomic E-state index is 12.9. The van der Waals surface area contributed by atoms with Gasteiger partial charge in [0.25, 0.3) is 0 Å². The van der Waals surface area contributed by atoms with Gasteiger partial charge < -0.3 is 15.0 Å². The first-order chi connectivity index (χ1) is 12.9. The molecular weight excluding hydrogens is 346 g/mol. The van der Waals surface area contributed by atoms with E-state index in [4.69, 9.17) is 4.74 Å². The maximum absolute atomic E-state index is 12.9. The molecule has 0 saturated carbocycles. The monoisotopic (exact) mass is 371 g/mol. The number of benzene rings is 1. The molecule has 2 amide bonds. The number of rotatable bonds is 5. The number of hydrogen-bond donors (Lipinski definition) is 1. The van der Waals surface area contributed by atoms with Crippen LogP contribution in [0.25, 0.3) is 0 Å². The van der Waals surface area contributed by atoms with Gasteiger partial charge in [0.05, 0.1) is 36.8 Å². The smallest absolute Gasteiger partial charge is 0.244 e. The number of ether oxygens (including phenoxy) is 1. The number of nitrogens with zero attached hydrogens (tertiary/aromatic N) is 4. The zero-order chi connectivity index (χ0) is 19.6. The summed E-state index contributed by atoms with van der Waals surface area (Å²) < 4.78 is 7.03. The number of methoxy groups -OCH3 is 1. The van der Waals surface area contributed by atoms with E-state index in [2.05, 4.69) is 10.4 Å². The van der Waals surface area contributed by atoms with Crippen LogP contribution in [0.5, 0.6) is 5.75 Å². The van der Waals surface area contributed by atoms with Gasteiger partial charge in [0.2, 0.25) is 11.8 Å². The van der Waals surface area contributed by atoms with Crippen molar-refractivity contribution in [3.8, 4) is 5.75 Å². The topological polar surface area (TPSA) is 79.7 Å². The second-order valence-corrected chi connectivity index (χ2v) is 6.66. The first-order valence-corrected chi connectivity index (χ1v) is 8.89. The largest absolute Gasteiger partial charge is 0.495 e. The number of aromatic nitrogens is 2. The molecule has 1 aromatic carbocycles. The van der Waals surface area contributed by atoms with Gasteiger partial charge >= 0.3 is 0 Å². The molecule has 1 aliphatic rings. The minimum absolute atomic E-state index is 0.0453. The van der Waals surface area contributed by atoms with E-state index < -0.39 is 6.04 Å². The standard InChI is InChI=1S/C19H25N5O3/c1-13-15(11-22(3)21-13)20-18(25)12-23-9-10-24(19(26)14(23)2)16-7-5-6-8-17(16)27-4/h5-8,11,14H,9-10,12H2,1-4H3,(H,20,25). The lowest BCUT2D eigenvalue weighted by molar-refractivity contribution is -0.127. The molecule has 0 spiro atoms. The fourth-order valence-corrected chi connectivity index (χ4v) is 3.32. The van der Waals surface area contributed by atoms with Crippen molar-refractivity contribution in [2.24, 2.45) is 7.05 Å². The van der Waals surface area contributed by atoms with Gasteiger partial charge in [-0.1, -0.05) is 12.1 Å². The van der Waals surface area contributed by atoms with Crippen LogP contribution >= 0.6 is 0 Å². The molecule has 0 radical (unpaired) electrons. The molecule has 144 valence electrons. The number of carbonyl (C=O) groups excluding carboxylic acids is 2. The Morgan fingerprint density at radius 1 is 1.33 bits per heavy atom. The Hall–Kier alpha value is -2.87.